The number of sulfonamides is 1. The summed E-state index contributed by atoms with van der Waals surface area (Å²) in [5.41, 5.74) is 0.275. The molecule has 1 aliphatic heterocycles. The molecule has 1 saturated heterocycles. The molecule has 1 heterocycles. The highest BCUT2D eigenvalue weighted by Gasteiger charge is 2.36. The van der Waals surface area contributed by atoms with Gasteiger partial charge in [0, 0.05) is 19.1 Å². The standard InChI is InChI=1S/C13H18ClFN2O2S/c1-9-6-13(11(14)7-12(9)15)20(18,19)17-5-3-4-10(17)8-16-2/h6-7,10,16H,3-5,8H2,1-2H3. The molecule has 0 spiro atoms. The first-order valence-electron chi connectivity index (χ1n) is 6.50. The molecule has 2 rings (SSSR count). The normalized spacial score (nSPS) is 20.5. The average molecular weight is 321 g/mol. The van der Waals surface area contributed by atoms with Gasteiger partial charge in [-0.05, 0) is 44.5 Å². The van der Waals surface area contributed by atoms with Gasteiger partial charge in [0.1, 0.15) is 10.7 Å². The van der Waals surface area contributed by atoms with E-state index in [1.165, 1.54) is 17.3 Å². The Bertz CT molecular complexity index is 607. The van der Waals surface area contributed by atoms with Crippen molar-refractivity contribution in [3.05, 3.63) is 28.5 Å². The summed E-state index contributed by atoms with van der Waals surface area (Å²) >= 11 is 5.93. The number of nitrogens with one attached hydrogen (secondary N) is 1. The van der Waals surface area contributed by atoms with Crippen LogP contribution < -0.4 is 5.32 Å². The quantitative estimate of drug-likeness (QED) is 0.925. The molecular formula is C13H18ClFN2O2S. The molecule has 0 bridgehead atoms. The molecule has 1 aromatic carbocycles. The lowest BCUT2D eigenvalue weighted by Gasteiger charge is -2.24. The van der Waals surface area contributed by atoms with Crippen LogP contribution in [0.4, 0.5) is 4.39 Å². The van der Waals surface area contributed by atoms with Crippen LogP contribution in [0.3, 0.4) is 0 Å². The van der Waals surface area contributed by atoms with E-state index in [9.17, 15) is 12.8 Å². The van der Waals surface area contributed by atoms with Crippen LogP contribution >= 0.6 is 11.6 Å². The number of likely N-dealkylation sites (N-methyl/N-ethyl adjacent to an activating group) is 1. The highest BCUT2D eigenvalue weighted by atomic mass is 35.5. The topological polar surface area (TPSA) is 49.4 Å². The fourth-order valence-electron chi connectivity index (χ4n) is 2.52. The molecule has 1 atom stereocenters. The van der Waals surface area contributed by atoms with E-state index in [-0.39, 0.29) is 21.5 Å². The Labute approximate surface area is 124 Å². The van der Waals surface area contributed by atoms with Gasteiger partial charge in [0.25, 0.3) is 0 Å². The summed E-state index contributed by atoms with van der Waals surface area (Å²) in [5, 5.41) is 2.93. The summed E-state index contributed by atoms with van der Waals surface area (Å²) in [6.45, 7) is 2.60. The molecule has 1 N–H and O–H groups in total. The molecular weight excluding hydrogens is 303 g/mol. The SMILES string of the molecule is CNCC1CCCN1S(=O)(=O)c1cc(C)c(F)cc1Cl. The average Bonchev–Trinajstić information content (AvgIpc) is 2.83. The minimum absolute atomic E-state index is 0.0129. The molecule has 0 aromatic heterocycles. The van der Waals surface area contributed by atoms with Gasteiger partial charge in [-0.15, -0.1) is 0 Å². The fraction of sp³-hybridized carbons (Fsp3) is 0.538. The summed E-state index contributed by atoms with van der Waals surface area (Å²) in [7, 11) is -1.90. The minimum atomic E-state index is -3.69. The Morgan fingerprint density at radius 1 is 1.50 bits per heavy atom. The van der Waals surface area contributed by atoms with E-state index in [4.69, 9.17) is 11.6 Å². The van der Waals surface area contributed by atoms with Crippen LogP contribution in [0.1, 0.15) is 18.4 Å². The fourth-order valence-corrected chi connectivity index (χ4v) is 4.79. The van der Waals surface area contributed by atoms with Gasteiger partial charge in [-0.3, -0.25) is 0 Å². The maximum Gasteiger partial charge on any atom is 0.244 e. The Hall–Kier alpha value is -0.690. The molecule has 1 unspecified atom stereocenters. The lowest BCUT2D eigenvalue weighted by atomic mass is 10.2. The van der Waals surface area contributed by atoms with Gasteiger partial charge < -0.3 is 5.32 Å². The maximum absolute atomic E-state index is 13.4. The lowest BCUT2D eigenvalue weighted by molar-refractivity contribution is 0.379. The molecule has 20 heavy (non-hydrogen) atoms. The van der Waals surface area contributed by atoms with Crippen molar-refractivity contribution in [2.24, 2.45) is 0 Å². The van der Waals surface area contributed by atoms with Crippen molar-refractivity contribution < 1.29 is 12.8 Å². The van der Waals surface area contributed by atoms with Crippen LogP contribution in [0.15, 0.2) is 17.0 Å². The summed E-state index contributed by atoms with van der Waals surface area (Å²) in [4.78, 5) is -0.0129. The number of hydrogen-bond donors (Lipinski definition) is 1. The van der Waals surface area contributed by atoms with Gasteiger partial charge in [-0.25, -0.2) is 12.8 Å². The van der Waals surface area contributed by atoms with Gasteiger partial charge in [0.2, 0.25) is 10.0 Å². The second-order valence-electron chi connectivity index (χ2n) is 5.00. The summed E-state index contributed by atoms with van der Waals surface area (Å²) in [6.07, 6.45) is 1.64. The van der Waals surface area contributed by atoms with Crippen molar-refractivity contribution in [3.8, 4) is 0 Å². The molecule has 7 heteroatoms. The largest absolute Gasteiger partial charge is 0.318 e. The molecule has 4 nitrogen and oxygen atoms in total. The predicted molar refractivity (Wildman–Crippen MR) is 77.0 cm³/mol. The molecule has 1 aliphatic rings. The molecule has 1 aromatic rings. The Morgan fingerprint density at radius 3 is 2.85 bits per heavy atom. The van der Waals surface area contributed by atoms with Crippen molar-refractivity contribution in [3.63, 3.8) is 0 Å². The van der Waals surface area contributed by atoms with Crippen molar-refractivity contribution >= 4 is 21.6 Å². The first-order chi connectivity index (χ1) is 9.37. The third-order valence-electron chi connectivity index (χ3n) is 3.56. The molecule has 0 radical (unpaired) electrons. The minimum Gasteiger partial charge on any atom is -0.318 e. The van der Waals surface area contributed by atoms with Crippen LogP contribution in [-0.4, -0.2) is 38.9 Å². The number of rotatable bonds is 4. The number of benzene rings is 1. The van der Waals surface area contributed by atoms with E-state index in [0.29, 0.717) is 13.1 Å². The number of nitrogens with zero attached hydrogens (tertiary/aromatic N) is 1. The van der Waals surface area contributed by atoms with E-state index in [0.717, 1.165) is 18.9 Å². The van der Waals surface area contributed by atoms with Crippen LogP contribution in [0, 0.1) is 12.7 Å². The van der Waals surface area contributed by atoms with Crippen molar-refractivity contribution in [1.29, 1.82) is 0 Å². The van der Waals surface area contributed by atoms with Crippen LogP contribution in [0.2, 0.25) is 5.02 Å². The second kappa shape index (κ2) is 5.97. The molecule has 0 amide bonds. The summed E-state index contributed by atoms with van der Waals surface area (Å²) < 4.78 is 40.3. The lowest BCUT2D eigenvalue weighted by Crippen LogP contribution is -2.40. The Kier molecular flexibility index (Phi) is 4.69. The highest BCUT2D eigenvalue weighted by molar-refractivity contribution is 7.89. The predicted octanol–water partition coefficient (Wildman–Crippen LogP) is 2.16. The monoisotopic (exact) mass is 320 g/mol. The van der Waals surface area contributed by atoms with Gasteiger partial charge >= 0.3 is 0 Å². The summed E-state index contributed by atoms with van der Waals surface area (Å²) in [6, 6.07) is 2.29. The zero-order chi connectivity index (χ0) is 14.9. The van der Waals surface area contributed by atoms with E-state index in [2.05, 4.69) is 5.32 Å². The zero-order valence-corrected chi connectivity index (χ0v) is 13.1. The van der Waals surface area contributed by atoms with E-state index >= 15 is 0 Å². The van der Waals surface area contributed by atoms with Crippen molar-refractivity contribution in [2.45, 2.75) is 30.7 Å². The van der Waals surface area contributed by atoms with Crippen molar-refractivity contribution in [1.82, 2.24) is 9.62 Å². The highest BCUT2D eigenvalue weighted by Crippen LogP contribution is 2.31. The van der Waals surface area contributed by atoms with Crippen LogP contribution in [0.25, 0.3) is 0 Å². The van der Waals surface area contributed by atoms with E-state index < -0.39 is 15.8 Å². The maximum atomic E-state index is 13.4. The molecule has 0 saturated carbocycles. The third kappa shape index (κ3) is 2.83. The number of hydrogen-bond acceptors (Lipinski definition) is 3. The van der Waals surface area contributed by atoms with E-state index in [1.54, 1.807) is 7.05 Å². The molecule has 0 aliphatic carbocycles. The summed E-state index contributed by atoms with van der Waals surface area (Å²) in [5.74, 6) is -0.498. The Morgan fingerprint density at radius 2 is 2.20 bits per heavy atom. The number of halogens is 2. The van der Waals surface area contributed by atoms with Gasteiger partial charge in [-0.2, -0.15) is 4.31 Å². The van der Waals surface area contributed by atoms with Crippen LogP contribution in [0.5, 0.6) is 0 Å². The van der Waals surface area contributed by atoms with Crippen LogP contribution in [-0.2, 0) is 10.0 Å². The third-order valence-corrected chi connectivity index (χ3v) is 5.98. The van der Waals surface area contributed by atoms with E-state index in [1.807, 2.05) is 0 Å². The molecule has 112 valence electrons. The first-order valence-corrected chi connectivity index (χ1v) is 8.32. The van der Waals surface area contributed by atoms with Crippen molar-refractivity contribution in [2.75, 3.05) is 20.1 Å². The zero-order valence-electron chi connectivity index (χ0n) is 11.5. The van der Waals surface area contributed by atoms with Gasteiger partial charge in [-0.1, -0.05) is 11.6 Å². The number of aryl methyl sites for hydroxylation is 1. The van der Waals surface area contributed by atoms with Gasteiger partial charge in [0.05, 0.1) is 5.02 Å². The Balaban J connectivity index is 2.42. The smallest absolute Gasteiger partial charge is 0.244 e. The first kappa shape index (κ1) is 15.7. The molecule has 1 fully saturated rings. The van der Waals surface area contributed by atoms with Gasteiger partial charge in [0.15, 0.2) is 0 Å². The second-order valence-corrected chi connectivity index (χ2v) is 7.27.